The Balaban J connectivity index is 1.95. The first-order chi connectivity index (χ1) is 12.7. The van der Waals surface area contributed by atoms with E-state index in [1.165, 1.54) is 31.4 Å². The lowest BCUT2D eigenvalue weighted by Crippen LogP contribution is -2.32. The van der Waals surface area contributed by atoms with E-state index in [0.29, 0.717) is 18.7 Å². The SMILES string of the molecule is CCN(CC(=O)Nc1ccc(C(F)(F)F)cc1)Cc1ccc(OC)c(F)c1. The highest BCUT2D eigenvalue weighted by Gasteiger charge is 2.30. The average molecular weight is 384 g/mol. The number of carbonyl (C=O) groups is 1. The monoisotopic (exact) mass is 384 g/mol. The van der Waals surface area contributed by atoms with Gasteiger partial charge in [-0.3, -0.25) is 9.69 Å². The highest BCUT2D eigenvalue weighted by Crippen LogP contribution is 2.29. The first kappa shape index (κ1) is 20.7. The first-order valence-electron chi connectivity index (χ1n) is 8.24. The molecule has 0 spiro atoms. The van der Waals surface area contributed by atoms with Gasteiger partial charge in [0, 0.05) is 12.2 Å². The molecule has 0 aromatic heterocycles. The molecule has 0 aliphatic carbocycles. The summed E-state index contributed by atoms with van der Waals surface area (Å²) in [6.45, 7) is 2.75. The molecule has 1 N–H and O–H groups in total. The summed E-state index contributed by atoms with van der Waals surface area (Å²) < 4.78 is 56.3. The molecule has 2 aromatic carbocycles. The van der Waals surface area contributed by atoms with Gasteiger partial charge in [-0.25, -0.2) is 4.39 Å². The summed E-state index contributed by atoms with van der Waals surface area (Å²) in [6, 6.07) is 8.79. The van der Waals surface area contributed by atoms with Crippen LogP contribution in [0.5, 0.6) is 5.75 Å². The van der Waals surface area contributed by atoms with Gasteiger partial charge < -0.3 is 10.1 Å². The maximum Gasteiger partial charge on any atom is 0.416 e. The molecule has 0 aliphatic rings. The van der Waals surface area contributed by atoms with Gasteiger partial charge in [-0.05, 0) is 48.5 Å². The number of anilines is 1. The van der Waals surface area contributed by atoms with E-state index in [1.807, 2.05) is 6.92 Å². The molecule has 0 saturated heterocycles. The van der Waals surface area contributed by atoms with Crippen LogP contribution in [0.25, 0.3) is 0 Å². The maximum absolute atomic E-state index is 13.8. The number of ether oxygens (including phenoxy) is 1. The number of hydrogen-bond acceptors (Lipinski definition) is 3. The molecular formula is C19H20F4N2O2. The van der Waals surface area contributed by atoms with Crippen molar-refractivity contribution in [3.63, 3.8) is 0 Å². The van der Waals surface area contributed by atoms with Crippen molar-refractivity contribution in [1.29, 1.82) is 0 Å². The van der Waals surface area contributed by atoms with E-state index in [9.17, 15) is 22.4 Å². The van der Waals surface area contributed by atoms with E-state index in [0.717, 1.165) is 12.1 Å². The van der Waals surface area contributed by atoms with Crippen molar-refractivity contribution in [2.75, 3.05) is 25.5 Å². The lowest BCUT2D eigenvalue weighted by atomic mass is 10.2. The second-order valence-corrected chi connectivity index (χ2v) is 5.90. The number of carbonyl (C=O) groups excluding carboxylic acids is 1. The third-order valence-electron chi connectivity index (χ3n) is 3.93. The third-order valence-corrected chi connectivity index (χ3v) is 3.93. The molecule has 4 nitrogen and oxygen atoms in total. The van der Waals surface area contributed by atoms with Crippen molar-refractivity contribution >= 4 is 11.6 Å². The van der Waals surface area contributed by atoms with E-state index in [1.54, 1.807) is 11.0 Å². The van der Waals surface area contributed by atoms with Crippen LogP contribution in [0.3, 0.4) is 0 Å². The maximum atomic E-state index is 13.8. The second-order valence-electron chi connectivity index (χ2n) is 5.90. The molecule has 27 heavy (non-hydrogen) atoms. The molecule has 0 bridgehead atoms. The summed E-state index contributed by atoms with van der Waals surface area (Å²) in [4.78, 5) is 13.9. The van der Waals surface area contributed by atoms with Crippen LogP contribution in [0.4, 0.5) is 23.2 Å². The molecule has 0 fully saturated rings. The van der Waals surface area contributed by atoms with Gasteiger partial charge >= 0.3 is 6.18 Å². The van der Waals surface area contributed by atoms with Gasteiger partial charge in [0.15, 0.2) is 11.6 Å². The van der Waals surface area contributed by atoms with Crippen LogP contribution >= 0.6 is 0 Å². The Morgan fingerprint density at radius 3 is 2.33 bits per heavy atom. The van der Waals surface area contributed by atoms with Gasteiger partial charge in [0.25, 0.3) is 0 Å². The minimum atomic E-state index is -4.42. The predicted molar refractivity (Wildman–Crippen MR) is 94.0 cm³/mol. The lowest BCUT2D eigenvalue weighted by molar-refractivity contribution is -0.137. The Kier molecular flexibility index (Phi) is 6.79. The number of hydrogen-bond donors (Lipinski definition) is 1. The second kappa shape index (κ2) is 8.85. The normalized spacial score (nSPS) is 11.5. The van der Waals surface area contributed by atoms with Crippen molar-refractivity contribution in [3.8, 4) is 5.75 Å². The number of nitrogens with zero attached hydrogens (tertiary/aromatic N) is 1. The molecule has 0 aliphatic heterocycles. The summed E-state index contributed by atoms with van der Waals surface area (Å²) in [6.07, 6.45) is -4.42. The van der Waals surface area contributed by atoms with Crippen molar-refractivity contribution in [1.82, 2.24) is 4.90 Å². The summed E-state index contributed by atoms with van der Waals surface area (Å²) in [5.74, 6) is -0.715. The van der Waals surface area contributed by atoms with Crippen LogP contribution < -0.4 is 10.1 Å². The number of alkyl halides is 3. The lowest BCUT2D eigenvalue weighted by Gasteiger charge is -2.20. The summed E-state index contributed by atoms with van der Waals surface area (Å²) in [5.41, 5.74) is 0.175. The number of likely N-dealkylation sites (N-methyl/N-ethyl adjacent to an activating group) is 1. The number of benzene rings is 2. The highest BCUT2D eigenvalue weighted by atomic mass is 19.4. The Hall–Kier alpha value is -2.61. The van der Waals surface area contributed by atoms with Crippen molar-refractivity contribution in [3.05, 3.63) is 59.4 Å². The quantitative estimate of drug-likeness (QED) is 0.723. The van der Waals surface area contributed by atoms with Gasteiger partial charge in [-0.2, -0.15) is 13.2 Å². The first-order valence-corrected chi connectivity index (χ1v) is 8.24. The number of nitrogens with one attached hydrogen (secondary N) is 1. The minimum Gasteiger partial charge on any atom is -0.494 e. The topological polar surface area (TPSA) is 41.6 Å². The van der Waals surface area contributed by atoms with Crippen LogP contribution in [0.2, 0.25) is 0 Å². The van der Waals surface area contributed by atoms with Crippen molar-refractivity contribution in [2.45, 2.75) is 19.6 Å². The highest BCUT2D eigenvalue weighted by molar-refractivity contribution is 5.92. The molecule has 8 heteroatoms. The van der Waals surface area contributed by atoms with E-state index >= 15 is 0 Å². The molecule has 2 rings (SSSR count). The summed E-state index contributed by atoms with van der Waals surface area (Å²) in [7, 11) is 1.38. The number of halogens is 4. The zero-order valence-corrected chi connectivity index (χ0v) is 14.9. The Morgan fingerprint density at radius 1 is 1.15 bits per heavy atom. The molecule has 146 valence electrons. The fourth-order valence-electron chi connectivity index (χ4n) is 2.49. The smallest absolute Gasteiger partial charge is 0.416 e. The van der Waals surface area contributed by atoms with Gasteiger partial charge in [0.1, 0.15) is 0 Å². The molecule has 0 atom stereocenters. The van der Waals surface area contributed by atoms with E-state index in [-0.39, 0.29) is 23.9 Å². The number of rotatable bonds is 7. The Morgan fingerprint density at radius 2 is 1.81 bits per heavy atom. The van der Waals surface area contributed by atoms with Gasteiger partial charge in [-0.1, -0.05) is 13.0 Å². The third kappa shape index (κ3) is 5.96. The van der Waals surface area contributed by atoms with Crippen LogP contribution in [0.1, 0.15) is 18.1 Å². The predicted octanol–water partition coefficient (Wildman–Crippen LogP) is 4.31. The Labute approximate surface area is 154 Å². The minimum absolute atomic E-state index is 0.0190. The van der Waals surface area contributed by atoms with Gasteiger partial charge in [-0.15, -0.1) is 0 Å². The number of methoxy groups -OCH3 is 1. The van der Waals surface area contributed by atoms with Crippen molar-refractivity contribution < 1.29 is 27.1 Å². The van der Waals surface area contributed by atoms with Crippen LogP contribution in [0, 0.1) is 5.82 Å². The van der Waals surface area contributed by atoms with E-state index < -0.39 is 17.6 Å². The fraction of sp³-hybridized carbons (Fsp3) is 0.316. The number of amides is 1. The largest absolute Gasteiger partial charge is 0.494 e. The van der Waals surface area contributed by atoms with Crippen LogP contribution in [-0.4, -0.2) is 31.0 Å². The van der Waals surface area contributed by atoms with Gasteiger partial charge in [0.05, 0.1) is 19.2 Å². The van der Waals surface area contributed by atoms with Crippen molar-refractivity contribution in [2.24, 2.45) is 0 Å². The zero-order chi connectivity index (χ0) is 20.0. The van der Waals surface area contributed by atoms with E-state index in [2.05, 4.69) is 5.32 Å². The standard InChI is InChI=1S/C19H20F4N2O2/c1-3-25(11-13-4-9-17(27-2)16(20)10-13)12-18(26)24-15-7-5-14(6-8-15)19(21,22)23/h4-10H,3,11-12H2,1-2H3,(H,24,26). The molecule has 2 aromatic rings. The molecule has 0 unspecified atom stereocenters. The average Bonchev–Trinajstić information content (AvgIpc) is 2.61. The van der Waals surface area contributed by atoms with E-state index in [4.69, 9.17) is 4.74 Å². The summed E-state index contributed by atoms with van der Waals surface area (Å²) >= 11 is 0. The summed E-state index contributed by atoms with van der Waals surface area (Å²) in [5, 5.41) is 2.56. The van der Waals surface area contributed by atoms with Gasteiger partial charge in [0.2, 0.25) is 5.91 Å². The fourth-order valence-corrected chi connectivity index (χ4v) is 2.49. The van der Waals surface area contributed by atoms with Crippen LogP contribution in [0.15, 0.2) is 42.5 Å². The Bertz CT molecular complexity index is 776. The molecule has 1 amide bonds. The molecule has 0 radical (unpaired) electrons. The molecular weight excluding hydrogens is 364 g/mol. The van der Waals surface area contributed by atoms with Crippen LogP contribution in [-0.2, 0) is 17.5 Å². The molecule has 0 heterocycles. The molecule has 0 saturated carbocycles. The zero-order valence-electron chi connectivity index (χ0n) is 14.9.